The number of halogens is 1. The number of hydrogen-bond donors (Lipinski definition) is 0. The van der Waals surface area contributed by atoms with Crippen LogP contribution in [-0.2, 0) is 4.79 Å². The summed E-state index contributed by atoms with van der Waals surface area (Å²) in [5.41, 5.74) is 0. The fourth-order valence-corrected chi connectivity index (χ4v) is 0.371. The molecule has 3 heteroatoms. The number of carboxylic acid groups (broad SMARTS) is 1. The molecule has 0 amide bonds. The van der Waals surface area contributed by atoms with Gasteiger partial charge in [0.25, 0.3) is 0 Å². The van der Waals surface area contributed by atoms with E-state index in [-0.39, 0.29) is 6.42 Å². The molecule has 0 heterocycles. The van der Waals surface area contributed by atoms with E-state index in [1.165, 1.54) is 0 Å². The first-order valence-corrected chi connectivity index (χ1v) is 2.53. The summed E-state index contributed by atoms with van der Waals surface area (Å²) in [6, 6.07) is 0. The molecule has 0 aliphatic carbocycles. The molecule has 2 nitrogen and oxygen atoms in total. The van der Waals surface area contributed by atoms with Gasteiger partial charge in [0.1, 0.15) is 6.17 Å². The molecular weight excluding hydrogens is 111 g/mol. The van der Waals surface area contributed by atoms with Crippen molar-refractivity contribution >= 4 is 5.97 Å². The standard InChI is InChI=1S/C5H9FO2/c1-2-3-4(6)5(7)8/h4H,2-3H2,1H3,(H,7,8)/p-1. The predicted octanol–water partition coefficient (Wildman–Crippen LogP) is -0.126. The zero-order chi connectivity index (χ0) is 6.57. The monoisotopic (exact) mass is 119 g/mol. The van der Waals surface area contributed by atoms with Crippen LogP contribution in [0.4, 0.5) is 4.39 Å². The van der Waals surface area contributed by atoms with E-state index in [1.807, 2.05) is 0 Å². The quantitative estimate of drug-likeness (QED) is 0.519. The molecular formula is C5H8FO2-. The van der Waals surface area contributed by atoms with Gasteiger partial charge < -0.3 is 9.90 Å². The van der Waals surface area contributed by atoms with Crippen molar-refractivity contribution in [2.45, 2.75) is 25.9 Å². The molecule has 0 aromatic heterocycles. The van der Waals surface area contributed by atoms with E-state index in [0.717, 1.165) is 0 Å². The highest BCUT2D eigenvalue weighted by atomic mass is 19.1. The number of carbonyl (C=O) groups excluding carboxylic acids is 1. The van der Waals surface area contributed by atoms with E-state index in [4.69, 9.17) is 0 Å². The van der Waals surface area contributed by atoms with Crippen molar-refractivity contribution in [3.8, 4) is 0 Å². The van der Waals surface area contributed by atoms with Crippen LogP contribution in [0.25, 0.3) is 0 Å². The molecule has 0 fully saturated rings. The van der Waals surface area contributed by atoms with Crippen LogP contribution in [0.5, 0.6) is 0 Å². The Bertz CT molecular complexity index is 82.5. The van der Waals surface area contributed by atoms with Crippen molar-refractivity contribution in [1.82, 2.24) is 0 Å². The third-order valence-corrected chi connectivity index (χ3v) is 0.798. The summed E-state index contributed by atoms with van der Waals surface area (Å²) in [6.45, 7) is 1.72. The van der Waals surface area contributed by atoms with Crippen LogP contribution in [0.1, 0.15) is 19.8 Å². The molecule has 8 heavy (non-hydrogen) atoms. The first kappa shape index (κ1) is 7.40. The Kier molecular flexibility index (Phi) is 3.15. The highest BCUT2D eigenvalue weighted by Crippen LogP contribution is 1.98. The highest BCUT2D eigenvalue weighted by molar-refractivity contribution is 5.69. The number of carbonyl (C=O) groups is 1. The number of carboxylic acids is 1. The second kappa shape index (κ2) is 3.41. The van der Waals surface area contributed by atoms with Crippen LogP contribution in [0, 0.1) is 0 Å². The van der Waals surface area contributed by atoms with Crippen LogP contribution in [-0.4, -0.2) is 12.1 Å². The van der Waals surface area contributed by atoms with Crippen molar-refractivity contribution in [3.63, 3.8) is 0 Å². The van der Waals surface area contributed by atoms with Gasteiger partial charge in [0.2, 0.25) is 0 Å². The molecule has 0 spiro atoms. The van der Waals surface area contributed by atoms with Crippen LogP contribution >= 0.6 is 0 Å². The second-order valence-corrected chi connectivity index (χ2v) is 1.58. The molecule has 0 bridgehead atoms. The lowest BCUT2D eigenvalue weighted by Gasteiger charge is -2.04. The van der Waals surface area contributed by atoms with Crippen LogP contribution < -0.4 is 5.11 Å². The number of rotatable bonds is 3. The van der Waals surface area contributed by atoms with E-state index in [0.29, 0.717) is 6.42 Å². The largest absolute Gasteiger partial charge is 0.547 e. The van der Waals surface area contributed by atoms with Gasteiger partial charge in [-0.3, -0.25) is 0 Å². The molecule has 0 saturated heterocycles. The minimum atomic E-state index is -1.78. The molecule has 0 aliphatic heterocycles. The third-order valence-electron chi connectivity index (χ3n) is 0.798. The fourth-order valence-electron chi connectivity index (χ4n) is 0.371. The van der Waals surface area contributed by atoms with Gasteiger partial charge in [0.05, 0.1) is 5.97 Å². The smallest absolute Gasteiger partial charge is 0.139 e. The summed E-state index contributed by atoms with van der Waals surface area (Å²) in [7, 11) is 0. The van der Waals surface area contributed by atoms with E-state index in [1.54, 1.807) is 6.92 Å². The normalized spacial score (nSPS) is 13.2. The van der Waals surface area contributed by atoms with Crippen LogP contribution in [0.3, 0.4) is 0 Å². The second-order valence-electron chi connectivity index (χ2n) is 1.58. The molecule has 1 unspecified atom stereocenters. The lowest BCUT2D eigenvalue weighted by atomic mass is 10.2. The average Bonchev–Trinajstić information content (AvgIpc) is 1.67. The Morgan fingerprint density at radius 2 is 2.38 bits per heavy atom. The molecule has 1 atom stereocenters. The van der Waals surface area contributed by atoms with Crippen molar-refractivity contribution in [2.75, 3.05) is 0 Å². The molecule has 0 N–H and O–H groups in total. The van der Waals surface area contributed by atoms with Gasteiger partial charge in [-0.05, 0) is 6.42 Å². The molecule has 0 radical (unpaired) electrons. The summed E-state index contributed by atoms with van der Waals surface area (Å²) in [6.07, 6.45) is -1.18. The SMILES string of the molecule is CCCC(F)C(=O)[O-]. The van der Waals surface area contributed by atoms with Gasteiger partial charge in [-0.15, -0.1) is 0 Å². The zero-order valence-corrected chi connectivity index (χ0v) is 4.69. The summed E-state index contributed by atoms with van der Waals surface area (Å²) < 4.78 is 11.9. The molecule has 0 aliphatic rings. The Morgan fingerprint density at radius 1 is 1.88 bits per heavy atom. The van der Waals surface area contributed by atoms with Gasteiger partial charge >= 0.3 is 0 Å². The Morgan fingerprint density at radius 3 is 2.50 bits per heavy atom. The highest BCUT2D eigenvalue weighted by Gasteiger charge is 2.03. The average molecular weight is 119 g/mol. The molecule has 0 rings (SSSR count). The van der Waals surface area contributed by atoms with Gasteiger partial charge in [0, 0.05) is 0 Å². The van der Waals surface area contributed by atoms with E-state index < -0.39 is 12.1 Å². The van der Waals surface area contributed by atoms with Crippen molar-refractivity contribution in [2.24, 2.45) is 0 Å². The van der Waals surface area contributed by atoms with Gasteiger partial charge in [-0.1, -0.05) is 13.3 Å². The minimum Gasteiger partial charge on any atom is -0.547 e. The number of hydrogen-bond acceptors (Lipinski definition) is 2. The lowest BCUT2D eigenvalue weighted by molar-refractivity contribution is -0.312. The van der Waals surface area contributed by atoms with Crippen molar-refractivity contribution in [1.29, 1.82) is 0 Å². The summed E-state index contributed by atoms with van der Waals surface area (Å²) in [5, 5.41) is 9.60. The van der Waals surface area contributed by atoms with E-state index in [9.17, 15) is 14.3 Å². The summed E-state index contributed by atoms with van der Waals surface area (Å²) in [4.78, 5) is 9.60. The molecule has 0 saturated carbocycles. The van der Waals surface area contributed by atoms with E-state index in [2.05, 4.69) is 0 Å². The van der Waals surface area contributed by atoms with Gasteiger partial charge in [-0.25, -0.2) is 4.39 Å². The van der Waals surface area contributed by atoms with Gasteiger partial charge in [0.15, 0.2) is 0 Å². The summed E-state index contributed by atoms with van der Waals surface area (Å²) in [5.74, 6) is -1.60. The third kappa shape index (κ3) is 2.55. The lowest BCUT2D eigenvalue weighted by Crippen LogP contribution is -2.32. The zero-order valence-electron chi connectivity index (χ0n) is 4.69. The maximum absolute atomic E-state index is 11.9. The van der Waals surface area contributed by atoms with Crippen molar-refractivity contribution < 1.29 is 14.3 Å². The maximum Gasteiger partial charge on any atom is 0.139 e. The minimum absolute atomic E-state index is 0.0579. The first-order chi connectivity index (χ1) is 3.68. The van der Waals surface area contributed by atoms with Gasteiger partial charge in [-0.2, -0.15) is 0 Å². The Labute approximate surface area is 47.3 Å². The number of alkyl halides is 1. The Hall–Kier alpha value is -0.600. The molecule has 0 aromatic rings. The van der Waals surface area contributed by atoms with Crippen LogP contribution in [0.2, 0.25) is 0 Å². The topological polar surface area (TPSA) is 40.1 Å². The molecule has 48 valence electrons. The fraction of sp³-hybridized carbons (Fsp3) is 0.800. The number of aliphatic carboxylic acids is 1. The first-order valence-electron chi connectivity index (χ1n) is 2.53. The maximum atomic E-state index is 11.9. The summed E-state index contributed by atoms with van der Waals surface area (Å²) >= 11 is 0. The van der Waals surface area contributed by atoms with Crippen LogP contribution in [0.15, 0.2) is 0 Å². The Balaban J connectivity index is 3.32. The van der Waals surface area contributed by atoms with Crippen molar-refractivity contribution in [3.05, 3.63) is 0 Å². The molecule has 0 aromatic carbocycles. The predicted molar refractivity (Wildman–Crippen MR) is 24.8 cm³/mol. The van der Waals surface area contributed by atoms with E-state index >= 15 is 0 Å².